The van der Waals surface area contributed by atoms with E-state index in [9.17, 15) is 12.8 Å². The molecule has 4 N–H and O–H groups in total. The molecule has 0 aliphatic heterocycles. The number of hydrogen-bond donors (Lipinski definition) is 4. The van der Waals surface area contributed by atoms with Gasteiger partial charge in [-0.1, -0.05) is 0 Å². The molecule has 0 bridgehead atoms. The molecule has 24 heavy (non-hydrogen) atoms. The van der Waals surface area contributed by atoms with E-state index in [4.69, 9.17) is 0 Å². The Hall–Kier alpha value is -2.13. The van der Waals surface area contributed by atoms with Crippen LogP contribution in [-0.4, -0.2) is 52.3 Å². The number of H-pyrrole nitrogens is 1. The van der Waals surface area contributed by atoms with Crippen LogP contribution in [0.2, 0.25) is 0 Å². The number of sulfonamides is 1. The van der Waals surface area contributed by atoms with Crippen molar-refractivity contribution in [2.24, 2.45) is 4.99 Å². The Morgan fingerprint density at radius 1 is 1.25 bits per heavy atom. The lowest BCUT2D eigenvalue weighted by molar-refractivity contribution is 0.586. The Balaban J connectivity index is 1.79. The fraction of sp³-hybridized carbons (Fsp3) is 0.400. The number of nitrogens with one attached hydrogen (secondary N) is 4. The van der Waals surface area contributed by atoms with Crippen molar-refractivity contribution in [2.75, 3.05) is 32.9 Å². The SMILES string of the molecule is CN=C(NCCNS(C)(=O)=O)NCCc1c[nH]c2cc(F)ccc12. The van der Waals surface area contributed by atoms with E-state index in [1.165, 1.54) is 12.1 Å². The lowest BCUT2D eigenvalue weighted by atomic mass is 10.1. The number of aliphatic imine (C=N–C) groups is 1. The largest absolute Gasteiger partial charge is 0.361 e. The first kappa shape index (κ1) is 18.2. The van der Waals surface area contributed by atoms with E-state index >= 15 is 0 Å². The van der Waals surface area contributed by atoms with Gasteiger partial charge in [-0.2, -0.15) is 0 Å². The number of halogens is 1. The average molecular weight is 355 g/mol. The molecule has 0 atom stereocenters. The van der Waals surface area contributed by atoms with Crippen LogP contribution in [0.4, 0.5) is 4.39 Å². The quantitative estimate of drug-likeness (QED) is 0.331. The third-order valence-corrected chi connectivity index (χ3v) is 4.15. The van der Waals surface area contributed by atoms with Gasteiger partial charge in [0.1, 0.15) is 5.82 Å². The molecule has 2 aromatic rings. The number of benzene rings is 1. The number of hydrogen-bond acceptors (Lipinski definition) is 3. The Kier molecular flexibility index (Phi) is 6.16. The van der Waals surface area contributed by atoms with Gasteiger partial charge in [-0.25, -0.2) is 17.5 Å². The second-order valence-corrected chi connectivity index (χ2v) is 7.18. The van der Waals surface area contributed by atoms with E-state index < -0.39 is 10.0 Å². The number of fused-ring (bicyclic) bond motifs is 1. The van der Waals surface area contributed by atoms with Crippen LogP contribution in [0, 0.1) is 5.82 Å². The normalized spacial score (nSPS) is 12.5. The fourth-order valence-electron chi connectivity index (χ4n) is 2.32. The van der Waals surface area contributed by atoms with E-state index in [1.54, 1.807) is 13.1 Å². The van der Waals surface area contributed by atoms with E-state index in [-0.39, 0.29) is 12.4 Å². The Morgan fingerprint density at radius 2 is 2.00 bits per heavy atom. The first-order valence-corrected chi connectivity index (χ1v) is 9.43. The predicted molar refractivity (Wildman–Crippen MR) is 94.2 cm³/mol. The highest BCUT2D eigenvalue weighted by Crippen LogP contribution is 2.19. The van der Waals surface area contributed by atoms with Crippen molar-refractivity contribution in [1.82, 2.24) is 20.3 Å². The smallest absolute Gasteiger partial charge is 0.208 e. The predicted octanol–water partition coefficient (Wildman–Crippen LogP) is 0.564. The van der Waals surface area contributed by atoms with Crippen molar-refractivity contribution in [1.29, 1.82) is 0 Å². The summed E-state index contributed by atoms with van der Waals surface area (Å²) < 4.78 is 37.5. The molecular formula is C15H22FN5O2S. The summed E-state index contributed by atoms with van der Waals surface area (Å²) >= 11 is 0. The lowest BCUT2D eigenvalue weighted by Gasteiger charge is -2.11. The molecule has 0 aliphatic rings. The van der Waals surface area contributed by atoms with E-state index in [2.05, 4.69) is 25.3 Å². The second-order valence-electron chi connectivity index (χ2n) is 5.35. The molecule has 0 fully saturated rings. The number of nitrogens with zero attached hydrogens (tertiary/aromatic N) is 1. The van der Waals surface area contributed by atoms with Crippen molar-refractivity contribution >= 4 is 26.9 Å². The number of guanidine groups is 1. The molecule has 2 rings (SSSR count). The van der Waals surface area contributed by atoms with E-state index in [0.29, 0.717) is 19.0 Å². The maximum Gasteiger partial charge on any atom is 0.208 e. The van der Waals surface area contributed by atoms with Crippen LogP contribution in [0.15, 0.2) is 29.4 Å². The Morgan fingerprint density at radius 3 is 2.71 bits per heavy atom. The molecule has 0 radical (unpaired) electrons. The summed E-state index contributed by atoms with van der Waals surface area (Å²) in [7, 11) is -1.53. The zero-order valence-corrected chi connectivity index (χ0v) is 14.5. The van der Waals surface area contributed by atoms with Crippen LogP contribution < -0.4 is 15.4 Å². The van der Waals surface area contributed by atoms with E-state index in [0.717, 1.165) is 29.1 Å². The number of aromatic amines is 1. The fourth-order valence-corrected chi connectivity index (χ4v) is 2.79. The lowest BCUT2D eigenvalue weighted by Crippen LogP contribution is -2.42. The average Bonchev–Trinajstić information content (AvgIpc) is 2.90. The molecule has 0 saturated heterocycles. The molecule has 0 spiro atoms. The number of rotatable bonds is 7. The van der Waals surface area contributed by atoms with Crippen LogP contribution in [-0.2, 0) is 16.4 Å². The molecule has 1 aromatic carbocycles. The summed E-state index contributed by atoms with van der Waals surface area (Å²) in [5.74, 6) is 0.331. The minimum absolute atomic E-state index is 0.263. The van der Waals surface area contributed by atoms with Crippen molar-refractivity contribution in [3.05, 3.63) is 35.8 Å². The summed E-state index contributed by atoms with van der Waals surface area (Å²) in [6.07, 6.45) is 3.74. The molecule has 0 unspecified atom stereocenters. The van der Waals surface area contributed by atoms with Crippen LogP contribution >= 0.6 is 0 Å². The van der Waals surface area contributed by atoms with Crippen molar-refractivity contribution < 1.29 is 12.8 Å². The third-order valence-electron chi connectivity index (χ3n) is 3.42. The molecule has 0 amide bonds. The molecule has 0 aliphatic carbocycles. The van der Waals surface area contributed by atoms with Gasteiger partial charge in [0.2, 0.25) is 10.0 Å². The highest BCUT2D eigenvalue weighted by molar-refractivity contribution is 7.88. The summed E-state index contributed by atoms with van der Waals surface area (Å²) in [6, 6.07) is 4.68. The van der Waals surface area contributed by atoms with Crippen molar-refractivity contribution in [3.8, 4) is 0 Å². The zero-order chi connectivity index (χ0) is 17.6. The van der Waals surface area contributed by atoms with Gasteiger partial charge >= 0.3 is 0 Å². The van der Waals surface area contributed by atoms with Crippen LogP contribution in [0.3, 0.4) is 0 Å². The zero-order valence-electron chi connectivity index (χ0n) is 13.7. The van der Waals surface area contributed by atoms with Crippen molar-refractivity contribution in [2.45, 2.75) is 6.42 Å². The highest BCUT2D eigenvalue weighted by atomic mass is 32.2. The topological polar surface area (TPSA) is 98.4 Å². The van der Waals surface area contributed by atoms with Gasteiger partial charge < -0.3 is 15.6 Å². The maximum absolute atomic E-state index is 13.2. The monoisotopic (exact) mass is 355 g/mol. The van der Waals surface area contributed by atoms with Crippen LogP contribution in [0.5, 0.6) is 0 Å². The molecule has 9 heteroatoms. The van der Waals surface area contributed by atoms with Crippen molar-refractivity contribution in [3.63, 3.8) is 0 Å². The summed E-state index contributed by atoms with van der Waals surface area (Å²) in [4.78, 5) is 7.13. The second kappa shape index (κ2) is 8.11. The molecular weight excluding hydrogens is 333 g/mol. The summed E-state index contributed by atoms with van der Waals surface area (Å²) in [5, 5.41) is 7.18. The Labute approximate surface area is 140 Å². The molecule has 0 saturated carbocycles. The first-order valence-electron chi connectivity index (χ1n) is 7.54. The Bertz CT molecular complexity index is 816. The minimum Gasteiger partial charge on any atom is -0.361 e. The molecule has 1 heterocycles. The summed E-state index contributed by atoms with van der Waals surface area (Å²) in [6.45, 7) is 1.36. The third kappa shape index (κ3) is 5.50. The molecule has 7 nitrogen and oxygen atoms in total. The minimum atomic E-state index is -3.18. The molecule has 1 aromatic heterocycles. The van der Waals surface area contributed by atoms with Gasteiger partial charge in [0, 0.05) is 43.8 Å². The van der Waals surface area contributed by atoms with Gasteiger partial charge in [-0.15, -0.1) is 0 Å². The number of aromatic nitrogens is 1. The van der Waals surface area contributed by atoms with E-state index in [1.807, 2.05) is 6.20 Å². The van der Waals surface area contributed by atoms with Gasteiger partial charge in [-0.3, -0.25) is 4.99 Å². The van der Waals surface area contributed by atoms with Crippen LogP contribution in [0.1, 0.15) is 5.56 Å². The summed E-state index contributed by atoms with van der Waals surface area (Å²) in [5.41, 5.74) is 1.87. The van der Waals surface area contributed by atoms with Crippen LogP contribution in [0.25, 0.3) is 10.9 Å². The standard InChI is InChI=1S/C15H22FN5O2S/c1-17-15(19-7-8-21-24(2,22)23)18-6-5-11-10-20-14-9-12(16)3-4-13(11)14/h3-4,9-10,20-21H,5-8H2,1-2H3,(H2,17,18,19). The maximum atomic E-state index is 13.2. The van der Waals surface area contributed by atoms with Gasteiger partial charge in [0.05, 0.1) is 6.26 Å². The van der Waals surface area contributed by atoms with Gasteiger partial charge in [0.15, 0.2) is 5.96 Å². The highest BCUT2D eigenvalue weighted by Gasteiger charge is 2.05. The molecule has 132 valence electrons. The first-order chi connectivity index (χ1) is 11.4. The van der Waals surface area contributed by atoms with Gasteiger partial charge in [-0.05, 0) is 30.2 Å². The van der Waals surface area contributed by atoms with Gasteiger partial charge in [0.25, 0.3) is 0 Å².